The standard InChI is InChI=1S/C17H17ClN4S/c18-15-11-19-6-5-13(15)12-21-7-9-22(10-8-21)17-14-3-1-2-4-16(14)23-20-17/h1-6,11H,7-10,12H2. The minimum Gasteiger partial charge on any atom is -0.353 e. The smallest absolute Gasteiger partial charge is 0.150 e. The molecule has 1 fully saturated rings. The second-order valence-electron chi connectivity index (χ2n) is 5.73. The van der Waals surface area contributed by atoms with Crippen LogP contribution in [0.4, 0.5) is 5.82 Å². The van der Waals surface area contributed by atoms with E-state index in [0.717, 1.165) is 49.1 Å². The van der Waals surface area contributed by atoms with Crippen molar-refractivity contribution in [2.24, 2.45) is 0 Å². The summed E-state index contributed by atoms with van der Waals surface area (Å²) in [6.07, 6.45) is 3.52. The molecule has 0 unspecified atom stereocenters. The largest absolute Gasteiger partial charge is 0.353 e. The molecule has 1 aromatic carbocycles. The van der Waals surface area contributed by atoms with Gasteiger partial charge in [0.05, 0.1) is 9.72 Å². The van der Waals surface area contributed by atoms with Gasteiger partial charge in [-0.25, -0.2) is 0 Å². The lowest BCUT2D eigenvalue weighted by Gasteiger charge is -2.35. The van der Waals surface area contributed by atoms with Gasteiger partial charge in [-0.1, -0.05) is 23.7 Å². The van der Waals surface area contributed by atoms with Gasteiger partial charge in [0.15, 0.2) is 0 Å². The normalized spacial score (nSPS) is 16.1. The van der Waals surface area contributed by atoms with Gasteiger partial charge in [-0.3, -0.25) is 9.88 Å². The van der Waals surface area contributed by atoms with Gasteiger partial charge in [-0.05, 0) is 35.3 Å². The summed E-state index contributed by atoms with van der Waals surface area (Å²) in [6, 6.07) is 10.5. The van der Waals surface area contributed by atoms with E-state index >= 15 is 0 Å². The molecule has 118 valence electrons. The average molecular weight is 345 g/mol. The average Bonchev–Trinajstić information content (AvgIpc) is 3.02. The van der Waals surface area contributed by atoms with Crippen molar-refractivity contribution in [2.75, 3.05) is 31.1 Å². The number of rotatable bonds is 3. The highest BCUT2D eigenvalue weighted by Gasteiger charge is 2.21. The maximum absolute atomic E-state index is 6.21. The van der Waals surface area contributed by atoms with Crippen molar-refractivity contribution in [1.29, 1.82) is 0 Å². The lowest BCUT2D eigenvalue weighted by atomic mass is 10.2. The van der Waals surface area contributed by atoms with Crippen LogP contribution < -0.4 is 4.90 Å². The topological polar surface area (TPSA) is 32.3 Å². The number of pyridine rings is 1. The van der Waals surface area contributed by atoms with Crippen molar-refractivity contribution in [3.8, 4) is 0 Å². The fourth-order valence-electron chi connectivity index (χ4n) is 2.99. The summed E-state index contributed by atoms with van der Waals surface area (Å²) in [6.45, 7) is 4.91. The Hall–Kier alpha value is -1.69. The molecule has 23 heavy (non-hydrogen) atoms. The van der Waals surface area contributed by atoms with E-state index in [-0.39, 0.29) is 0 Å². The SMILES string of the molecule is Clc1cnccc1CN1CCN(c2nsc3ccccc23)CC1. The van der Waals surface area contributed by atoms with E-state index < -0.39 is 0 Å². The molecule has 0 spiro atoms. The van der Waals surface area contributed by atoms with Crippen molar-refractivity contribution in [3.63, 3.8) is 0 Å². The fraction of sp³-hybridized carbons (Fsp3) is 0.294. The summed E-state index contributed by atoms with van der Waals surface area (Å²) in [5, 5.41) is 2.02. The molecule has 0 radical (unpaired) electrons. The zero-order chi connectivity index (χ0) is 15.6. The number of hydrogen-bond acceptors (Lipinski definition) is 5. The molecule has 4 rings (SSSR count). The summed E-state index contributed by atoms with van der Waals surface area (Å²) >= 11 is 7.79. The maximum Gasteiger partial charge on any atom is 0.150 e. The van der Waals surface area contributed by atoms with Gasteiger partial charge in [-0.2, -0.15) is 4.37 Å². The number of nitrogens with zero attached hydrogens (tertiary/aromatic N) is 4. The lowest BCUT2D eigenvalue weighted by Crippen LogP contribution is -2.46. The van der Waals surface area contributed by atoms with E-state index in [2.05, 4.69) is 43.4 Å². The van der Waals surface area contributed by atoms with Crippen molar-refractivity contribution >= 4 is 39.0 Å². The molecule has 1 aliphatic rings. The zero-order valence-electron chi connectivity index (χ0n) is 12.7. The van der Waals surface area contributed by atoms with Crippen molar-refractivity contribution in [3.05, 3.63) is 53.3 Å². The van der Waals surface area contributed by atoms with Gasteiger partial charge in [-0.15, -0.1) is 0 Å². The Kier molecular flexibility index (Phi) is 4.16. The molecule has 0 aliphatic carbocycles. The van der Waals surface area contributed by atoms with Crippen LogP contribution in [0.25, 0.3) is 10.1 Å². The van der Waals surface area contributed by atoms with Gasteiger partial charge in [0, 0.05) is 50.5 Å². The van der Waals surface area contributed by atoms with Crippen LogP contribution in [-0.4, -0.2) is 40.4 Å². The Morgan fingerprint density at radius 1 is 1.09 bits per heavy atom. The number of hydrogen-bond donors (Lipinski definition) is 0. The van der Waals surface area contributed by atoms with Crippen LogP contribution >= 0.6 is 23.1 Å². The molecule has 2 aromatic heterocycles. The molecule has 0 atom stereocenters. The highest BCUT2D eigenvalue weighted by molar-refractivity contribution is 7.13. The highest BCUT2D eigenvalue weighted by Crippen LogP contribution is 2.30. The van der Waals surface area contributed by atoms with Gasteiger partial charge < -0.3 is 4.90 Å². The molecule has 1 saturated heterocycles. The summed E-state index contributed by atoms with van der Waals surface area (Å²) in [7, 11) is 0. The van der Waals surface area contributed by atoms with Crippen molar-refractivity contribution < 1.29 is 0 Å². The van der Waals surface area contributed by atoms with Crippen LogP contribution in [-0.2, 0) is 6.54 Å². The van der Waals surface area contributed by atoms with E-state index in [0.29, 0.717) is 0 Å². The van der Waals surface area contributed by atoms with E-state index in [4.69, 9.17) is 11.6 Å². The monoisotopic (exact) mass is 344 g/mol. The van der Waals surface area contributed by atoms with E-state index in [1.54, 1.807) is 23.9 Å². The van der Waals surface area contributed by atoms with Crippen LogP contribution in [0, 0.1) is 0 Å². The first-order valence-electron chi connectivity index (χ1n) is 7.71. The first-order chi connectivity index (χ1) is 11.3. The van der Waals surface area contributed by atoms with Crippen LogP contribution in [0.1, 0.15) is 5.56 Å². The van der Waals surface area contributed by atoms with Gasteiger partial charge in [0.25, 0.3) is 0 Å². The molecule has 3 heterocycles. The summed E-state index contributed by atoms with van der Waals surface area (Å²) in [4.78, 5) is 8.88. The van der Waals surface area contributed by atoms with Gasteiger partial charge in [0.2, 0.25) is 0 Å². The molecule has 0 amide bonds. The molecule has 0 saturated carbocycles. The summed E-state index contributed by atoms with van der Waals surface area (Å²) in [5.41, 5.74) is 1.15. The Balaban J connectivity index is 1.44. The third kappa shape index (κ3) is 3.04. The predicted molar refractivity (Wildman–Crippen MR) is 96.4 cm³/mol. The second-order valence-corrected chi connectivity index (χ2v) is 6.94. The van der Waals surface area contributed by atoms with E-state index in [1.807, 2.05) is 6.07 Å². The number of anilines is 1. The number of fused-ring (bicyclic) bond motifs is 1. The number of aromatic nitrogens is 2. The van der Waals surface area contributed by atoms with Crippen molar-refractivity contribution in [2.45, 2.75) is 6.54 Å². The molecule has 1 aliphatic heterocycles. The molecule has 0 N–H and O–H groups in total. The minimum absolute atomic E-state index is 0.750. The first-order valence-corrected chi connectivity index (χ1v) is 8.86. The Labute approximate surface area is 144 Å². The first kappa shape index (κ1) is 14.9. The van der Waals surface area contributed by atoms with Gasteiger partial charge >= 0.3 is 0 Å². The summed E-state index contributed by atoms with van der Waals surface area (Å²) in [5.74, 6) is 1.13. The second kappa shape index (κ2) is 6.43. The number of benzene rings is 1. The molecule has 6 heteroatoms. The molecule has 0 bridgehead atoms. The lowest BCUT2D eigenvalue weighted by molar-refractivity contribution is 0.249. The predicted octanol–water partition coefficient (Wildman–Crippen LogP) is 3.67. The summed E-state index contributed by atoms with van der Waals surface area (Å²) < 4.78 is 5.92. The molecule has 4 nitrogen and oxygen atoms in total. The Morgan fingerprint density at radius 3 is 2.74 bits per heavy atom. The van der Waals surface area contributed by atoms with Crippen LogP contribution in [0.3, 0.4) is 0 Å². The molecular weight excluding hydrogens is 328 g/mol. The number of halogens is 1. The van der Waals surface area contributed by atoms with Crippen molar-refractivity contribution in [1.82, 2.24) is 14.3 Å². The Bertz CT molecular complexity index is 811. The highest BCUT2D eigenvalue weighted by atomic mass is 35.5. The Morgan fingerprint density at radius 2 is 1.91 bits per heavy atom. The van der Waals surface area contributed by atoms with Crippen LogP contribution in [0.15, 0.2) is 42.7 Å². The third-order valence-corrected chi connectivity index (χ3v) is 5.44. The molecule has 3 aromatic rings. The molecular formula is C17H17ClN4S. The van der Waals surface area contributed by atoms with Gasteiger partial charge in [0.1, 0.15) is 5.82 Å². The van der Waals surface area contributed by atoms with Crippen LogP contribution in [0.5, 0.6) is 0 Å². The van der Waals surface area contributed by atoms with E-state index in [1.165, 1.54) is 10.1 Å². The third-order valence-electron chi connectivity index (χ3n) is 4.28. The van der Waals surface area contributed by atoms with Crippen LogP contribution in [0.2, 0.25) is 5.02 Å². The fourth-order valence-corrected chi connectivity index (χ4v) is 3.97. The maximum atomic E-state index is 6.21. The quantitative estimate of drug-likeness (QED) is 0.725. The van der Waals surface area contributed by atoms with E-state index in [9.17, 15) is 0 Å². The minimum atomic E-state index is 0.750. The zero-order valence-corrected chi connectivity index (χ0v) is 14.2. The number of piperazine rings is 1.